The molecule has 0 aromatic heterocycles. The van der Waals surface area contributed by atoms with Crippen molar-refractivity contribution in [1.82, 2.24) is 14.5 Å². The van der Waals surface area contributed by atoms with E-state index in [1.165, 1.54) is 16.4 Å². The molecule has 6 nitrogen and oxygen atoms in total. The van der Waals surface area contributed by atoms with Gasteiger partial charge in [-0.3, -0.25) is 9.10 Å². The molecule has 0 radical (unpaired) electrons. The third-order valence-corrected chi connectivity index (χ3v) is 7.30. The van der Waals surface area contributed by atoms with Crippen LogP contribution in [0.4, 0.5) is 0 Å². The van der Waals surface area contributed by atoms with Gasteiger partial charge in [-0.05, 0) is 75.7 Å². The fourth-order valence-corrected chi connectivity index (χ4v) is 4.89. The molecule has 1 amide bonds. The molecule has 0 aliphatic rings. The lowest BCUT2D eigenvalue weighted by molar-refractivity contribution is 0.0762. The molecule has 0 saturated carbocycles. The Morgan fingerprint density at radius 1 is 1.06 bits per heavy atom. The molecule has 2 aromatic carbocycles. The summed E-state index contributed by atoms with van der Waals surface area (Å²) in [7, 11) is -1.96. The summed E-state index contributed by atoms with van der Waals surface area (Å²) in [5.74, 6) is -0.101. The van der Waals surface area contributed by atoms with E-state index < -0.39 is 10.0 Å². The zero-order chi connectivity index (χ0) is 25.7. The molecule has 188 valence electrons. The number of rotatable bonds is 14. The second-order valence-corrected chi connectivity index (χ2v) is 9.91. The molecule has 0 unspecified atom stereocenters. The SMILES string of the molecule is C=CC/C(=C\N(C/C=C\C)S(=O)(=O)c1ccc(C(=O)N(CC)CCCNC)cc1)c1ccccc1. The van der Waals surface area contributed by atoms with E-state index in [0.717, 1.165) is 24.1 Å². The summed E-state index contributed by atoms with van der Waals surface area (Å²) < 4.78 is 28.5. The van der Waals surface area contributed by atoms with E-state index in [1.54, 1.807) is 35.4 Å². The molecule has 0 saturated heterocycles. The van der Waals surface area contributed by atoms with E-state index in [0.29, 0.717) is 25.1 Å². The fraction of sp³-hybridized carbons (Fsp3) is 0.321. The van der Waals surface area contributed by atoms with Crippen molar-refractivity contribution in [3.8, 4) is 0 Å². The normalized spacial score (nSPS) is 12.0. The lowest BCUT2D eigenvalue weighted by Crippen LogP contribution is -2.33. The molecule has 0 spiro atoms. The van der Waals surface area contributed by atoms with Crippen molar-refractivity contribution in [2.75, 3.05) is 33.2 Å². The third kappa shape index (κ3) is 7.94. The van der Waals surface area contributed by atoms with Crippen molar-refractivity contribution < 1.29 is 13.2 Å². The van der Waals surface area contributed by atoms with E-state index >= 15 is 0 Å². The number of carbonyl (C=O) groups is 1. The Bertz CT molecular complexity index is 1110. The van der Waals surface area contributed by atoms with Crippen LogP contribution < -0.4 is 5.32 Å². The van der Waals surface area contributed by atoms with Crippen molar-refractivity contribution >= 4 is 21.5 Å². The molecule has 35 heavy (non-hydrogen) atoms. The third-order valence-electron chi connectivity index (χ3n) is 5.56. The van der Waals surface area contributed by atoms with E-state index in [9.17, 15) is 13.2 Å². The lowest BCUT2D eigenvalue weighted by atomic mass is 10.0. The molecule has 1 N–H and O–H groups in total. The summed E-state index contributed by atoms with van der Waals surface area (Å²) in [6.45, 7) is 9.88. The van der Waals surface area contributed by atoms with Crippen LogP contribution in [0.25, 0.3) is 5.57 Å². The van der Waals surface area contributed by atoms with Crippen LogP contribution in [0.2, 0.25) is 0 Å². The number of amides is 1. The van der Waals surface area contributed by atoms with Gasteiger partial charge in [-0.25, -0.2) is 8.42 Å². The number of sulfonamides is 1. The number of hydrogen-bond acceptors (Lipinski definition) is 4. The van der Waals surface area contributed by atoms with Crippen molar-refractivity contribution in [2.45, 2.75) is 31.6 Å². The predicted molar refractivity (Wildman–Crippen MR) is 145 cm³/mol. The van der Waals surface area contributed by atoms with E-state index in [2.05, 4.69) is 11.9 Å². The highest BCUT2D eigenvalue weighted by Gasteiger charge is 2.23. The number of nitrogens with zero attached hydrogens (tertiary/aromatic N) is 2. The van der Waals surface area contributed by atoms with E-state index in [4.69, 9.17) is 0 Å². The predicted octanol–water partition coefficient (Wildman–Crippen LogP) is 4.94. The molecule has 0 heterocycles. The van der Waals surface area contributed by atoms with Crippen LogP contribution >= 0.6 is 0 Å². The number of nitrogens with one attached hydrogen (secondary N) is 1. The first-order valence-corrected chi connectivity index (χ1v) is 13.4. The molecule has 0 fully saturated rings. The van der Waals surface area contributed by atoms with Crippen molar-refractivity contribution in [2.24, 2.45) is 0 Å². The summed E-state index contributed by atoms with van der Waals surface area (Å²) in [5, 5.41) is 3.08. The van der Waals surface area contributed by atoms with Gasteiger partial charge in [-0.15, -0.1) is 6.58 Å². The van der Waals surface area contributed by atoms with Crippen LogP contribution in [0.5, 0.6) is 0 Å². The Balaban J connectivity index is 2.36. The fourth-order valence-electron chi connectivity index (χ4n) is 3.59. The van der Waals surface area contributed by atoms with Crippen molar-refractivity contribution in [3.63, 3.8) is 0 Å². The topological polar surface area (TPSA) is 69.7 Å². The number of carbonyl (C=O) groups excluding carboxylic acids is 1. The minimum Gasteiger partial charge on any atom is -0.339 e. The minimum atomic E-state index is -3.84. The number of allylic oxidation sites excluding steroid dienone is 3. The maximum atomic E-state index is 13.6. The Labute approximate surface area is 210 Å². The Morgan fingerprint density at radius 3 is 2.31 bits per heavy atom. The smallest absolute Gasteiger partial charge is 0.264 e. The van der Waals surface area contributed by atoms with E-state index in [1.807, 2.05) is 57.3 Å². The lowest BCUT2D eigenvalue weighted by Gasteiger charge is -2.22. The summed E-state index contributed by atoms with van der Waals surface area (Å²) in [6.07, 6.45) is 8.43. The zero-order valence-corrected chi connectivity index (χ0v) is 21.8. The number of hydrogen-bond donors (Lipinski definition) is 1. The molecule has 7 heteroatoms. The van der Waals surface area contributed by atoms with Gasteiger partial charge in [-0.2, -0.15) is 0 Å². The average molecular weight is 496 g/mol. The molecule has 0 aliphatic carbocycles. The van der Waals surface area contributed by atoms with Gasteiger partial charge in [0, 0.05) is 24.9 Å². The highest BCUT2D eigenvalue weighted by molar-refractivity contribution is 7.89. The van der Waals surface area contributed by atoms with Crippen LogP contribution in [0.3, 0.4) is 0 Å². The van der Waals surface area contributed by atoms with Gasteiger partial charge in [0.1, 0.15) is 0 Å². The van der Waals surface area contributed by atoms with Crippen molar-refractivity contribution in [1.29, 1.82) is 0 Å². The quantitative estimate of drug-likeness (QED) is 0.298. The summed E-state index contributed by atoms with van der Waals surface area (Å²) in [6, 6.07) is 15.9. The zero-order valence-electron chi connectivity index (χ0n) is 21.0. The first-order chi connectivity index (χ1) is 16.9. The van der Waals surface area contributed by atoms with Crippen LogP contribution in [0, 0.1) is 0 Å². The van der Waals surface area contributed by atoms with Gasteiger partial charge in [-0.1, -0.05) is 48.6 Å². The summed E-state index contributed by atoms with van der Waals surface area (Å²) >= 11 is 0. The van der Waals surface area contributed by atoms with Gasteiger partial charge < -0.3 is 10.2 Å². The molecular formula is C28H37N3O3S. The second kappa shape index (κ2) is 14.3. The van der Waals surface area contributed by atoms with Crippen molar-refractivity contribution in [3.05, 3.63) is 96.7 Å². The summed E-state index contributed by atoms with van der Waals surface area (Å²) in [4.78, 5) is 14.8. The summed E-state index contributed by atoms with van der Waals surface area (Å²) in [5.41, 5.74) is 2.26. The van der Waals surface area contributed by atoms with Crippen LogP contribution in [-0.4, -0.2) is 56.8 Å². The average Bonchev–Trinajstić information content (AvgIpc) is 2.88. The Hall–Kier alpha value is -3.16. The van der Waals surface area contributed by atoms with Gasteiger partial charge >= 0.3 is 0 Å². The molecule has 0 bridgehead atoms. The van der Waals surface area contributed by atoms with Gasteiger partial charge in [0.15, 0.2) is 0 Å². The number of benzene rings is 2. The molecular weight excluding hydrogens is 458 g/mol. The minimum absolute atomic E-state index is 0.101. The van der Waals surface area contributed by atoms with Gasteiger partial charge in [0.2, 0.25) is 0 Å². The Kier molecular flexibility index (Phi) is 11.5. The van der Waals surface area contributed by atoms with Crippen LogP contribution in [0.1, 0.15) is 42.6 Å². The van der Waals surface area contributed by atoms with Crippen LogP contribution in [0.15, 0.2) is 90.5 Å². The standard InChI is InChI=1S/C28H37N3O3S/c1-5-8-22-31(23-26(13-6-2)24-14-10-9-11-15-24)35(33,34)27-18-16-25(17-19-27)28(32)30(7-3)21-12-20-29-4/h5-6,8-11,14-19,23,29H,2,7,12-13,20-22H2,1,3-4H3/b8-5-,26-23+. The molecule has 0 aliphatic heterocycles. The van der Waals surface area contributed by atoms with Gasteiger partial charge in [0.05, 0.1) is 11.4 Å². The first-order valence-electron chi connectivity index (χ1n) is 11.9. The highest BCUT2D eigenvalue weighted by Crippen LogP contribution is 2.24. The van der Waals surface area contributed by atoms with Gasteiger partial charge in [0.25, 0.3) is 15.9 Å². The maximum Gasteiger partial charge on any atom is 0.264 e. The molecule has 0 atom stereocenters. The Morgan fingerprint density at radius 2 is 1.74 bits per heavy atom. The monoisotopic (exact) mass is 495 g/mol. The molecule has 2 rings (SSSR count). The van der Waals surface area contributed by atoms with E-state index in [-0.39, 0.29) is 17.3 Å². The van der Waals surface area contributed by atoms with Crippen LogP contribution in [-0.2, 0) is 10.0 Å². The second-order valence-electron chi connectivity index (χ2n) is 8.02. The largest absolute Gasteiger partial charge is 0.339 e. The maximum absolute atomic E-state index is 13.6. The highest BCUT2D eigenvalue weighted by atomic mass is 32.2. The molecule has 2 aromatic rings. The first kappa shape index (κ1) is 28.1.